The van der Waals surface area contributed by atoms with Gasteiger partial charge < -0.3 is 10.4 Å². The molecule has 0 saturated carbocycles. The lowest BCUT2D eigenvalue weighted by molar-refractivity contribution is 0.258. The van der Waals surface area contributed by atoms with Crippen LogP contribution in [0.5, 0.6) is 0 Å². The normalized spacial score (nSPS) is 12.5. The van der Waals surface area contributed by atoms with E-state index >= 15 is 0 Å². The molecule has 1 atom stereocenters. The van der Waals surface area contributed by atoms with Crippen LogP contribution in [0.3, 0.4) is 0 Å². The zero-order chi connectivity index (χ0) is 12.0. The van der Waals surface area contributed by atoms with Gasteiger partial charge >= 0.3 is 0 Å². The van der Waals surface area contributed by atoms with Crippen LogP contribution in [0.25, 0.3) is 0 Å². The minimum atomic E-state index is 0.226. The Labute approximate surface area is 101 Å². The Morgan fingerprint density at radius 3 is 2.94 bits per heavy atom. The monoisotopic (exact) mass is 243 g/mol. The summed E-state index contributed by atoms with van der Waals surface area (Å²) < 4.78 is 0. The van der Waals surface area contributed by atoms with Gasteiger partial charge in [0.1, 0.15) is 5.82 Å². The zero-order valence-electron chi connectivity index (χ0n) is 9.70. The molecule has 0 bridgehead atoms. The first-order chi connectivity index (χ1) is 7.67. The van der Waals surface area contributed by atoms with Crippen molar-refractivity contribution >= 4 is 17.4 Å². The molecule has 90 valence electrons. The van der Waals surface area contributed by atoms with Crippen molar-refractivity contribution < 1.29 is 5.11 Å². The van der Waals surface area contributed by atoms with E-state index < -0.39 is 0 Å². The molecular weight excluding hydrogens is 226 g/mol. The minimum absolute atomic E-state index is 0.226. The summed E-state index contributed by atoms with van der Waals surface area (Å²) in [5, 5.41) is 12.4. The second kappa shape index (κ2) is 6.66. The molecule has 4 nitrogen and oxygen atoms in total. The van der Waals surface area contributed by atoms with Crippen molar-refractivity contribution in [3.63, 3.8) is 0 Å². The summed E-state index contributed by atoms with van der Waals surface area (Å²) >= 11 is 5.72. The number of aryl methyl sites for hydroxylation is 1. The number of halogens is 1. The van der Waals surface area contributed by atoms with E-state index in [2.05, 4.69) is 22.2 Å². The van der Waals surface area contributed by atoms with Crippen LogP contribution in [0.15, 0.2) is 6.20 Å². The van der Waals surface area contributed by atoms with Gasteiger partial charge in [0, 0.05) is 24.9 Å². The molecule has 1 aromatic heterocycles. The molecule has 0 radical (unpaired) electrons. The standard InChI is InChI=1S/C11H18ClN3O/c1-3-9(4-5-16)7-13-10-8(2)6-14-11(12)15-10/h6,9,16H,3-5,7H2,1-2H3,(H,13,14,15). The van der Waals surface area contributed by atoms with Gasteiger partial charge in [-0.25, -0.2) is 9.97 Å². The number of hydrogen-bond acceptors (Lipinski definition) is 4. The molecule has 5 heteroatoms. The van der Waals surface area contributed by atoms with Crippen LogP contribution in [0.4, 0.5) is 5.82 Å². The van der Waals surface area contributed by atoms with E-state index in [1.54, 1.807) is 6.20 Å². The fourth-order valence-electron chi connectivity index (χ4n) is 1.47. The van der Waals surface area contributed by atoms with E-state index in [4.69, 9.17) is 16.7 Å². The molecule has 0 fully saturated rings. The molecule has 0 amide bonds. The fourth-order valence-corrected chi connectivity index (χ4v) is 1.61. The lowest BCUT2D eigenvalue weighted by Crippen LogP contribution is -2.16. The Bertz CT molecular complexity index is 333. The van der Waals surface area contributed by atoms with Crippen molar-refractivity contribution in [1.82, 2.24) is 9.97 Å². The van der Waals surface area contributed by atoms with E-state index in [1.807, 2.05) is 6.92 Å². The number of anilines is 1. The average molecular weight is 244 g/mol. The molecule has 16 heavy (non-hydrogen) atoms. The van der Waals surface area contributed by atoms with Crippen molar-refractivity contribution in [3.05, 3.63) is 17.0 Å². The smallest absolute Gasteiger partial charge is 0.224 e. The maximum Gasteiger partial charge on any atom is 0.224 e. The van der Waals surface area contributed by atoms with E-state index in [9.17, 15) is 0 Å². The predicted molar refractivity (Wildman–Crippen MR) is 65.8 cm³/mol. The summed E-state index contributed by atoms with van der Waals surface area (Å²) in [7, 11) is 0. The molecule has 2 N–H and O–H groups in total. The van der Waals surface area contributed by atoms with Crippen molar-refractivity contribution in [2.24, 2.45) is 5.92 Å². The largest absolute Gasteiger partial charge is 0.396 e. The molecule has 1 rings (SSSR count). The Balaban J connectivity index is 2.55. The molecule has 0 spiro atoms. The highest BCUT2D eigenvalue weighted by molar-refractivity contribution is 6.28. The molecule has 0 aliphatic carbocycles. The van der Waals surface area contributed by atoms with Crippen LogP contribution < -0.4 is 5.32 Å². The maximum absolute atomic E-state index is 8.89. The number of rotatable bonds is 6. The van der Waals surface area contributed by atoms with Crippen LogP contribution in [0.2, 0.25) is 5.28 Å². The highest BCUT2D eigenvalue weighted by Crippen LogP contribution is 2.15. The molecule has 1 aromatic rings. The van der Waals surface area contributed by atoms with Gasteiger partial charge in [-0.1, -0.05) is 13.3 Å². The molecule has 1 heterocycles. The van der Waals surface area contributed by atoms with Gasteiger partial charge in [0.2, 0.25) is 5.28 Å². The Hall–Kier alpha value is -0.870. The topological polar surface area (TPSA) is 58.0 Å². The number of hydrogen-bond donors (Lipinski definition) is 2. The van der Waals surface area contributed by atoms with Gasteiger partial charge in [0.05, 0.1) is 0 Å². The van der Waals surface area contributed by atoms with Gasteiger partial charge in [-0.15, -0.1) is 0 Å². The van der Waals surface area contributed by atoms with Crippen LogP contribution in [0, 0.1) is 12.8 Å². The first-order valence-electron chi connectivity index (χ1n) is 5.51. The molecule has 0 aromatic carbocycles. The Kier molecular flexibility index (Phi) is 5.49. The summed E-state index contributed by atoms with van der Waals surface area (Å²) in [6, 6.07) is 0. The van der Waals surface area contributed by atoms with Crippen LogP contribution in [-0.2, 0) is 0 Å². The molecule has 0 aliphatic rings. The lowest BCUT2D eigenvalue weighted by atomic mass is 10.0. The van der Waals surface area contributed by atoms with Crippen LogP contribution >= 0.6 is 11.6 Å². The summed E-state index contributed by atoms with van der Waals surface area (Å²) in [5.41, 5.74) is 0.975. The van der Waals surface area contributed by atoms with Crippen LogP contribution in [0.1, 0.15) is 25.3 Å². The third-order valence-corrected chi connectivity index (χ3v) is 2.80. The summed E-state index contributed by atoms with van der Waals surface area (Å²) in [4.78, 5) is 8.02. The third kappa shape index (κ3) is 3.94. The van der Waals surface area contributed by atoms with Crippen molar-refractivity contribution in [3.8, 4) is 0 Å². The number of nitrogens with one attached hydrogen (secondary N) is 1. The molecule has 1 unspecified atom stereocenters. The first-order valence-corrected chi connectivity index (χ1v) is 5.89. The average Bonchev–Trinajstić information content (AvgIpc) is 2.28. The van der Waals surface area contributed by atoms with E-state index in [0.717, 1.165) is 30.8 Å². The molecular formula is C11H18ClN3O. The van der Waals surface area contributed by atoms with Gasteiger partial charge in [-0.3, -0.25) is 0 Å². The maximum atomic E-state index is 8.89. The second-order valence-corrected chi connectivity index (χ2v) is 4.18. The van der Waals surface area contributed by atoms with Gasteiger partial charge in [-0.05, 0) is 30.9 Å². The molecule has 0 saturated heterocycles. The zero-order valence-corrected chi connectivity index (χ0v) is 10.5. The highest BCUT2D eigenvalue weighted by Gasteiger charge is 2.07. The number of aliphatic hydroxyl groups is 1. The van der Waals surface area contributed by atoms with Gasteiger partial charge in [0.25, 0.3) is 0 Å². The Morgan fingerprint density at radius 2 is 2.31 bits per heavy atom. The SMILES string of the molecule is CCC(CCO)CNc1nc(Cl)ncc1C. The highest BCUT2D eigenvalue weighted by atomic mass is 35.5. The first kappa shape index (κ1) is 13.2. The number of nitrogens with zero attached hydrogens (tertiary/aromatic N) is 2. The summed E-state index contributed by atoms with van der Waals surface area (Å²) in [6.45, 7) is 5.07. The molecule has 0 aliphatic heterocycles. The van der Waals surface area contributed by atoms with Crippen LogP contribution in [-0.4, -0.2) is 28.2 Å². The van der Waals surface area contributed by atoms with E-state index in [0.29, 0.717) is 5.92 Å². The van der Waals surface area contributed by atoms with Gasteiger partial charge in [-0.2, -0.15) is 0 Å². The Morgan fingerprint density at radius 1 is 1.56 bits per heavy atom. The quantitative estimate of drug-likeness (QED) is 0.753. The number of aliphatic hydroxyl groups excluding tert-OH is 1. The van der Waals surface area contributed by atoms with Gasteiger partial charge in [0.15, 0.2) is 0 Å². The third-order valence-electron chi connectivity index (χ3n) is 2.62. The van der Waals surface area contributed by atoms with Crippen molar-refractivity contribution in [2.75, 3.05) is 18.5 Å². The predicted octanol–water partition coefficient (Wildman–Crippen LogP) is 2.26. The van der Waals surface area contributed by atoms with Crippen molar-refractivity contribution in [2.45, 2.75) is 26.7 Å². The lowest BCUT2D eigenvalue weighted by Gasteiger charge is -2.15. The fraction of sp³-hybridized carbons (Fsp3) is 0.636. The summed E-state index contributed by atoms with van der Waals surface area (Å²) in [6.07, 6.45) is 3.54. The van der Waals surface area contributed by atoms with Crippen molar-refractivity contribution in [1.29, 1.82) is 0 Å². The second-order valence-electron chi connectivity index (χ2n) is 3.84. The summed E-state index contributed by atoms with van der Waals surface area (Å²) in [5.74, 6) is 1.23. The minimum Gasteiger partial charge on any atom is -0.396 e. The van der Waals surface area contributed by atoms with E-state index in [-0.39, 0.29) is 11.9 Å². The number of aromatic nitrogens is 2. The van der Waals surface area contributed by atoms with E-state index in [1.165, 1.54) is 0 Å².